The van der Waals surface area contributed by atoms with Crippen LogP contribution < -0.4 is 10.1 Å². The highest BCUT2D eigenvalue weighted by atomic mass is 35.5. The van der Waals surface area contributed by atoms with Gasteiger partial charge in [-0.25, -0.2) is 0 Å². The Bertz CT molecular complexity index is 476. The van der Waals surface area contributed by atoms with Gasteiger partial charge in [0.1, 0.15) is 5.75 Å². The second-order valence-corrected chi connectivity index (χ2v) is 6.83. The van der Waals surface area contributed by atoms with E-state index < -0.39 is 0 Å². The molecule has 2 nitrogen and oxygen atoms in total. The Hall–Kier alpha value is -0.730. The first-order chi connectivity index (χ1) is 9.71. The van der Waals surface area contributed by atoms with Crippen LogP contribution in [0.4, 0.5) is 0 Å². The number of rotatable bonds is 5. The van der Waals surface area contributed by atoms with Crippen molar-refractivity contribution < 1.29 is 4.74 Å². The van der Waals surface area contributed by atoms with E-state index in [-0.39, 0.29) is 0 Å². The number of benzene rings is 1. The lowest BCUT2D eigenvalue weighted by molar-refractivity contribution is 0.254. The van der Waals surface area contributed by atoms with Gasteiger partial charge in [0, 0.05) is 11.1 Å². The largest absolute Gasteiger partial charge is 0.496 e. The third kappa shape index (κ3) is 2.68. The Morgan fingerprint density at radius 3 is 2.80 bits per heavy atom. The molecule has 0 saturated heterocycles. The van der Waals surface area contributed by atoms with Crippen molar-refractivity contribution in [2.75, 3.05) is 14.2 Å². The smallest absolute Gasteiger partial charge is 0.122 e. The minimum absolute atomic E-state index is 0.540. The molecule has 4 unspecified atom stereocenters. The molecule has 3 heteroatoms. The molecule has 20 heavy (non-hydrogen) atoms. The van der Waals surface area contributed by atoms with Crippen LogP contribution in [-0.4, -0.2) is 20.2 Å². The predicted molar refractivity (Wildman–Crippen MR) is 83.5 cm³/mol. The fraction of sp³-hybridized carbons (Fsp3) is 0.647. The van der Waals surface area contributed by atoms with Gasteiger partial charge >= 0.3 is 0 Å². The Balaban J connectivity index is 1.76. The molecular formula is C17H24ClNO. The Morgan fingerprint density at radius 2 is 2.20 bits per heavy atom. The molecule has 110 valence electrons. The third-order valence-electron chi connectivity index (χ3n) is 5.36. The average molecular weight is 294 g/mol. The number of ether oxygens (including phenoxy) is 1. The first-order valence-corrected chi connectivity index (χ1v) is 8.08. The van der Waals surface area contributed by atoms with Gasteiger partial charge in [-0.1, -0.05) is 18.0 Å². The maximum atomic E-state index is 6.15. The fourth-order valence-electron chi connectivity index (χ4n) is 4.40. The zero-order valence-corrected chi connectivity index (χ0v) is 13.1. The zero-order chi connectivity index (χ0) is 14.1. The van der Waals surface area contributed by atoms with E-state index in [1.165, 1.54) is 31.2 Å². The highest BCUT2D eigenvalue weighted by Gasteiger charge is 2.42. The van der Waals surface area contributed by atoms with Crippen LogP contribution in [0.1, 0.15) is 31.2 Å². The van der Waals surface area contributed by atoms with Crippen LogP contribution in [0.25, 0.3) is 0 Å². The lowest BCUT2D eigenvalue weighted by Gasteiger charge is -2.30. The Labute approximate surface area is 126 Å². The lowest BCUT2D eigenvalue weighted by Crippen LogP contribution is -2.38. The molecule has 0 spiro atoms. The second-order valence-electron chi connectivity index (χ2n) is 6.39. The Morgan fingerprint density at radius 1 is 1.35 bits per heavy atom. The molecule has 3 rings (SSSR count). The molecule has 2 aliphatic rings. The molecule has 2 bridgehead atoms. The molecule has 0 aliphatic heterocycles. The standard InChI is InChI=1S/C17H24ClNO/c1-19-16(15-8-11-3-4-12(15)7-11)10-13-9-14(18)5-6-17(13)20-2/h5-6,9,11-12,15-16,19H,3-4,7-8,10H2,1-2H3. The number of likely N-dealkylation sites (N-methyl/N-ethyl adjacent to an activating group) is 1. The minimum Gasteiger partial charge on any atom is -0.496 e. The highest BCUT2D eigenvalue weighted by molar-refractivity contribution is 6.30. The van der Waals surface area contributed by atoms with E-state index in [9.17, 15) is 0 Å². The van der Waals surface area contributed by atoms with E-state index in [1.54, 1.807) is 7.11 Å². The van der Waals surface area contributed by atoms with Gasteiger partial charge in [-0.15, -0.1) is 0 Å². The van der Waals surface area contributed by atoms with Crippen molar-refractivity contribution in [1.29, 1.82) is 0 Å². The summed E-state index contributed by atoms with van der Waals surface area (Å²) in [6.45, 7) is 0. The molecule has 2 fully saturated rings. The highest BCUT2D eigenvalue weighted by Crippen LogP contribution is 2.50. The van der Waals surface area contributed by atoms with Gasteiger partial charge in [-0.3, -0.25) is 0 Å². The minimum atomic E-state index is 0.540. The maximum Gasteiger partial charge on any atom is 0.122 e. The summed E-state index contributed by atoms with van der Waals surface area (Å²) in [7, 11) is 3.83. The van der Waals surface area contributed by atoms with E-state index in [1.807, 2.05) is 12.1 Å². The first kappa shape index (κ1) is 14.2. The van der Waals surface area contributed by atoms with Crippen LogP contribution in [0.3, 0.4) is 0 Å². The van der Waals surface area contributed by atoms with Gasteiger partial charge in [0.15, 0.2) is 0 Å². The van der Waals surface area contributed by atoms with Crippen LogP contribution in [0.2, 0.25) is 5.02 Å². The van der Waals surface area contributed by atoms with Gasteiger partial charge < -0.3 is 10.1 Å². The summed E-state index contributed by atoms with van der Waals surface area (Å²) >= 11 is 6.15. The topological polar surface area (TPSA) is 21.3 Å². The summed E-state index contributed by atoms with van der Waals surface area (Å²) < 4.78 is 5.48. The van der Waals surface area contributed by atoms with Crippen LogP contribution in [0.15, 0.2) is 18.2 Å². The molecule has 1 aromatic carbocycles. The molecule has 0 aromatic heterocycles. The van der Waals surface area contributed by atoms with Crippen LogP contribution in [-0.2, 0) is 6.42 Å². The van der Waals surface area contributed by atoms with Crippen LogP contribution in [0.5, 0.6) is 5.75 Å². The maximum absolute atomic E-state index is 6.15. The van der Waals surface area contributed by atoms with Gasteiger partial charge in [-0.2, -0.15) is 0 Å². The third-order valence-corrected chi connectivity index (χ3v) is 5.60. The normalized spacial score (nSPS) is 29.6. The number of halogens is 1. The van der Waals surface area contributed by atoms with Crippen molar-refractivity contribution >= 4 is 11.6 Å². The number of nitrogens with one attached hydrogen (secondary N) is 1. The van der Waals surface area contributed by atoms with Gasteiger partial charge in [-0.05, 0) is 74.2 Å². The van der Waals surface area contributed by atoms with Crippen LogP contribution in [0, 0.1) is 17.8 Å². The van der Waals surface area contributed by atoms with Crippen molar-refractivity contribution in [3.63, 3.8) is 0 Å². The van der Waals surface area contributed by atoms with Crippen molar-refractivity contribution in [2.45, 2.75) is 38.1 Å². The fourth-order valence-corrected chi connectivity index (χ4v) is 4.59. The summed E-state index contributed by atoms with van der Waals surface area (Å²) in [6, 6.07) is 6.47. The molecule has 2 aliphatic carbocycles. The number of hydrogen-bond donors (Lipinski definition) is 1. The molecule has 1 N–H and O–H groups in total. The Kier molecular flexibility index (Phi) is 4.23. The zero-order valence-electron chi connectivity index (χ0n) is 12.4. The van der Waals surface area contributed by atoms with Crippen molar-refractivity contribution in [2.24, 2.45) is 17.8 Å². The summed E-state index contributed by atoms with van der Waals surface area (Å²) in [5, 5.41) is 4.34. The van der Waals surface area contributed by atoms with Crippen molar-refractivity contribution in [1.82, 2.24) is 5.32 Å². The summed E-state index contributed by atoms with van der Waals surface area (Å²) in [5.41, 5.74) is 1.22. The quantitative estimate of drug-likeness (QED) is 0.888. The summed E-state index contributed by atoms with van der Waals surface area (Å²) in [4.78, 5) is 0. The monoisotopic (exact) mass is 293 g/mol. The lowest BCUT2D eigenvalue weighted by atomic mass is 9.81. The van der Waals surface area contributed by atoms with Gasteiger partial charge in [0.05, 0.1) is 7.11 Å². The van der Waals surface area contributed by atoms with E-state index in [2.05, 4.69) is 18.4 Å². The van der Waals surface area contributed by atoms with E-state index in [4.69, 9.17) is 16.3 Å². The SMILES string of the molecule is CNC(Cc1cc(Cl)ccc1OC)C1CC2CCC1C2. The molecular weight excluding hydrogens is 270 g/mol. The summed E-state index contributed by atoms with van der Waals surface area (Å²) in [5.74, 6) is 3.70. The molecule has 4 atom stereocenters. The molecule has 0 radical (unpaired) electrons. The molecule has 0 amide bonds. The molecule has 1 aromatic rings. The van der Waals surface area contributed by atoms with Gasteiger partial charge in [0.25, 0.3) is 0 Å². The average Bonchev–Trinajstić information content (AvgIpc) is 3.07. The second kappa shape index (κ2) is 5.95. The van der Waals surface area contributed by atoms with Crippen molar-refractivity contribution in [3.8, 4) is 5.75 Å². The van der Waals surface area contributed by atoms with E-state index >= 15 is 0 Å². The van der Waals surface area contributed by atoms with Crippen molar-refractivity contribution in [3.05, 3.63) is 28.8 Å². The predicted octanol–water partition coefficient (Wildman–Crippen LogP) is 3.92. The number of hydrogen-bond acceptors (Lipinski definition) is 2. The summed E-state index contributed by atoms with van der Waals surface area (Å²) in [6.07, 6.45) is 6.75. The van der Waals surface area contributed by atoms with Gasteiger partial charge in [0.2, 0.25) is 0 Å². The van der Waals surface area contributed by atoms with Crippen LogP contribution >= 0.6 is 11.6 Å². The first-order valence-electron chi connectivity index (χ1n) is 7.71. The number of methoxy groups -OCH3 is 1. The molecule has 2 saturated carbocycles. The van der Waals surface area contributed by atoms with E-state index in [0.717, 1.165) is 34.9 Å². The number of fused-ring (bicyclic) bond motifs is 2. The van der Waals surface area contributed by atoms with E-state index in [0.29, 0.717) is 6.04 Å². The molecule has 0 heterocycles.